The Balaban J connectivity index is 1.91. The van der Waals surface area contributed by atoms with Gasteiger partial charge in [0.2, 0.25) is 0 Å². The molecule has 0 bridgehead atoms. The van der Waals surface area contributed by atoms with Crippen molar-refractivity contribution in [2.24, 2.45) is 11.8 Å². The molecule has 4 heteroatoms. The molecule has 82 valence electrons. The first-order chi connectivity index (χ1) is 7.16. The first-order valence-electron chi connectivity index (χ1n) is 5.31. The maximum atomic E-state index is 11.9. The lowest BCUT2D eigenvalue weighted by atomic mass is 9.85. The van der Waals surface area contributed by atoms with Gasteiger partial charge in [0.15, 0.2) is 0 Å². The molecule has 1 aliphatic heterocycles. The highest BCUT2D eigenvalue weighted by atomic mass is 32.1. The number of hydrogen-bond acceptors (Lipinski definition) is 4. The summed E-state index contributed by atoms with van der Waals surface area (Å²) in [4.78, 5) is 16.2. The lowest BCUT2D eigenvalue weighted by molar-refractivity contribution is -0.123. The van der Waals surface area contributed by atoms with Crippen LogP contribution in [0.5, 0.6) is 0 Å². The Bertz CT molecular complexity index is 357. The molecule has 1 aliphatic rings. The number of carbonyl (C=O) groups excluding carboxylic acids is 1. The third kappa shape index (κ3) is 2.44. The van der Waals surface area contributed by atoms with Crippen LogP contribution in [-0.2, 0) is 11.2 Å². The fourth-order valence-corrected chi connectivity index (χ4v) is 2.50. The molecule has 2 heterocycles. The van der Waals surface area contributed by atoms with Crippen LogP contribution in [0.2, 0.25) is 0 Å². The molecule has 1 aromatic heterocycles. The number of nitrogens with one attached hydrogen (secondary N) is 1. The first kappa shape index (κ1) is 10.8. The zero-order chi connectivity index (χ0) is 10.8. The van der Waals surface area contributed by atoms with Crippen LogP contribution in [0.15, 0.2) is 5.38 Å². The summed E-state index contributed by atoms with van der Waals surface area (Å²) in [7, 11) is 0. The van der Waals surface area contributed by atoms with E-state index in [0.29, 0.717) is 18.1 Å². The van der Waals surface area contributed by atoms with Crippen molar-refractivity contribution >= 4 is 17.1 Å². The second-order valence-electron chi connectivity index (χ2n) is 4.23. The minimum absolute atomic E-state index is 0.176. The van der Waals surface area contributed by atoms with Crippen molar-refractivity contribution in [3.8, 4) is 0 Å². The molecule has 2 rings (SSSR count). The van der Waals surface area contributed by atoms with E-state index in [-0.39, 0.29) is 5.92 Å². The maximum absolute atomic E-state index is 11.9. The standard InChI is InChI=1S/C11H16N2OS/c1-7-6-15-11(13-7)3-10(14)8(2)9-4-12-5-9/h6,8-9,12H,3-5H2,1-2H3. The second kappa shape index (κ2) is 4.41. The highest BCUT2D eigenvalue weighted by Crippen LogP contribution is 2.19. The van der Waals surface area contributed by atoms with Gasteiger partial charge in [-0.2, -0.15) is 0 Å². The minimum Gasteiger partial charge on any atom is -0.316 e. The lowest BCUT2D eigenvalue weighted by Crippen LogP contribution is -2.47. The van der Waals surface area contributed by atoms with Crippen molar-refractivity contribution in [2.45, 2.75) is 20.3 Å². The fourth-order valence-electron chi connectivity index (χ4n) is 1.72. The average molecular weight is 224 g/mol. The highest BCUT2D eigenvalue weighted by molar-refractivity contribution is 7.09. The van der Waals surface area contributed by atoms with Crippen LogP contribution in [-0.4, -0.2) is 23.9 Å². The van der Waals surface area contributed by atoms with E-state index in [1.165, 1.54) is 0 Å². The van der Waals surface area contributed by atoms with Gasteiger partial charge in [-0.05, 0) is 25.9 Å². The van der Waals surface area contributed by atoms with Crippen molar-refractivity contribution in [3.05, 3.63) is 16.1 Å². The molecule has 0 aliphatic carbocycles. The molecule has 3 nitrogen and oxygen atoms in total. The van der Waals surface area contributed by atoms with Crippen molar-refractivity contribution in [3.63, 3.8) is 0 Å². The number of aromatic nitrogens is 1. The molecule has 1 N–H and O–H groups in total. The Kier molecular flexibility index (Phi) is 3.17. The summed E-state index contributed by atoms with van der Waals surface area (Å²) >= 11 is 1.59. The molecule has 1 fully saturated rings. The van der Waals surface area contributed by atoms with Crippen LogP contribution < -0.4 is 5.32 Å². The van der Waals surface area contributed by atoms with Crippen molar-refractivity contribution in [2.75, 3.05) is 13.1 Å². The number of carbonyl (C=O) groups is 1. The topological polar surface area (TPSA) is 42.0 Å². The predicted molar refractivity (Wildman–Crippen MR) is 61.1 cm³/mol. The summed E-state index contributed by atoms with van der Waals surface area (Å²) < 4.78 is 0. The van der Waals surface area contributed by atoms with Gasteiger partial charge in [-0.1, -0.05) is 6.92 Å². The van der Waals surface area contributed by atoms with Crippen LogP contribution in [0.4, 0.5) is 0 Å². The molecule has 15 heavy (non-hydrogen) atoms. The Morgan fingerprint density at radius 1 is 1.73 bits per heavy atom. The number of nitrogens with zero attached hydrogens (tertiary/aromatic N) is 1. The first-order valence-corrected chi connectivity index (χ1v) is 6.19. The molecule has 1 atom stereocenters. The van der Waals surface area contributed by atoms with Crippen LogP contribution in [0.25, 0.3) is 0 Å². The monoisotopic (exact) mass is 224 g/mol. The van der Waals surface area contributed by atoms with E-state index in [9.17, 15) is 4.79 Å². The Hall–Kier alpha value is -0.740. The van der Waals surface area contributed by atoms with Crippen LogP contribution >= 0.6 is 11.3 Å². The van der Waals surface area contributed by atoms with E-state index in [0.717, 1.165) is 23.8 Å². The number of hydrogen-bond donors (Lipinski definition) is 1. The van der Waals surface area contributed by atoms with E-state index in [1.54, 1.807) is 11.3 Å². The van der Waals surface area contributed by atoms with E-state index in [2.05, 4.69) is 10.3 Å². The van der Waals surface area contributed by atoms with Gasteiger partial charge in [0, 0.05) is 17.0 Å². The third-order valence-electron chi connectivity index (χ3n) is 3.02. The largest absolute Gasteiger partial charge is 0.316 e. The van der Waals surface area contributed by atoms with E-state index in [4.69, 9.17) is 0 Å². The van der Waals surface area contributed by atoms with Crippen molar-refractivity contribution < 1.29 is 4.79 Å². The van der Waals surface area contributed by atoms with Gasteiger partial charge in [0.05, 0.1) is 6.42 Å². The van der Waals surface area contributed by atoms with Crippen LogP contribution in [0, 0.1) is 18.8 Å². The van der Waals surface area contributed by atoms with Gasteiger partial charge >= 0.3 is 0 Å². The maximum Gasteiger partial charge on any atom is 0.142 e. The molecule has 0 amide bonds. The molecule has 0 aromatic carbocycles. The summed E-state index contributed by atoms with van der Waals surface area (Å²) in [6.45, 7) is 5.98. The number of aryl methyl sites for hydroxylation is 1. The highest BCUT2D eigenvalue weighted by Gasteiger charge is 2.28. The molecule has 1 unspecified atom stereocenters. The molecular formula is C11H16N2OS. The molecule has 0 spiro atoms. The normalized spacial score (nSPS) is 18.5. The number of thiazole rings is 1. The van der Waals surface area contributed by atoms with Crippen molar-refractivity contribution in [1.82, 2.24) is 10.3 Å². The average Bonchev–Trinajstić information content (AvgIpc) is 2.48. The Labute approximate surface area is 93.9 Å². The Morgan fingerprint density at radius 3 is 2.93 bits per heavy atom. The summed E-state index contributed by atoms with van der Waals surface area (Å²) in [5.74, 6) is 1.05. The Morgan fingerprint density at radius 2 is 2.47 bits per heavy atom. The van der Waals surface area contributed by atoms with E-state index < -0.39 is 0 Å². The molecule has 0 radical (unpaired) electrons. The lowest BCUT2D eigenvalue weighted by Gasteiger charge is -2.31. The van der Waals surface area contributed by atoms with Gasteiger partial charge in [-0.15, -0.1) is 11.3 Å². The predicted octanol–water partition coefficient (Wildman–Crippen LogP) is 1.42. The van der Waals surface area contributed by atoms with Gasteiger partial charge in [-0.3, -0.25) is 4.79 Å². The van der Waals surface area contributed by atoms with Crippen molar-refractivity contribution in [1.29, 1.82) is 0 Å². The molecular weight excluding hydrogens is 208 g/mol. The molecule has 1 aromatic rings. The summed E-state index contributed by atoms with van der Waals surface area (Å²) in [6, 6.07) is 0. The second-order valence-corrected chi connectivity index (χ2v) is 5.18. The van der Waals surface area contributed by atoms with Gasteiger partial charge in [-0.25, -0.2) is 4.98 Å². The van der Waals surface area contributed by atoms with E-state index in [1.807, 2.05) is 19.2 Å². The quantitative estimate of drug-likeness (QED) is 0.841. The summed E-state index contributed by atoms with van der Waals surface area (Å²) in [5.41, 5.74) is 1.01. The number of rotatable bonds is 4. The number of ketones is 1. The van der Waals surface area contributed by atoms with Crippen LogP contribution in [0.1, 0.15) is 17.6 Å². The zero-order valence-corrected chi connectivity index (χ0v) is 9.93. The van der Waals surface area contributed by atoms with Gasteiger partial charge < -0.3 is 5.32 Å². The minimum atomic E-state index is 0.176. The fraction of sp³-hybridized carbons (Fsp3) is 0.636. The molecule has 1 saturated heterocycles. The third-order valence-corrected chi connectivity index (χ3v) is 3.99. The number of Topliss-reactive ketones (excluding diaryl/α,β-unsaturated/α-hetero) is 1. The van der Waals surface area contributed by atoms with Gasteiger partial charge in [0.1, 0.15) is 10.8 Å². The smallest absolute Gasteiger partial charge is 0.142 e. The summed E-state index contributed by atoms with van der Waals surface area (Å²) in [6.07, 6.45) is 0.510. The molecule has 0 saturated carbocycles. The van der Waals surface area contributed by atoms with E-state index >= 15 is 0 Å². The summed E-state index contributed by atoms with van der Waals surface area (Å²) in [5, 5.41) is 6.15. The SMILES string of the molecule is Cc1csc(CC(=O)C(C)C2CNC2)n1. The van der Waals surface area contributed by atoms with Crippen LogP contribution in [0.3, 0.4) is 0 Å². The van der Waals surface area contributed by atoms with Gasteiger partial charge in [0.25, 0.3) is 0 Å². The zero-order valence-electron chi connectivity index (χ0n) is 9.12.